The lowest BCUT2D eigenvalue weighted by atomic mass is 10.2. The Bertz CT molecular complexity index is 800. The van der Waals surface area contributed by atoms with Crippen LogP contribution < -0.4 is 5.73 Å². The molecule has 1 heterocycles. The molecule has 2 aromatic carbocycles. The molecular weight excluding hydrogens is 281 g/mol. The summed E-state index contributed by atoms with van der Waals surface area (Å²) in [6.45, 7) is -0.265. The van der Waals surface area contributed by atoms with Crippen LogP contribution in [0.1, 0.15) is 5.82 Å². The first kappa shape index (κ1) is 12.9. The van der Waals surface area contributed by atoms with Crippen molar-refractivity contribution in [2.24, 2.45) is 0 Å². The first-order valence-electron chi connectivity index (χ1n) is 5.93. The number of benzene rings is 2. The van der Waals surface area contributed by atoms with Crippen molar-refractivity contribution >= 4 is 28.3 Å². The van der Waals surface area contributed by atoms with Crippen LogP contribution in [0.4, 0.5) is 10.1 Å². The Hall–Kier alpha value is -2.11. The smallest absolute Gasteiger partial charge is 0.143 e. The fourth-order valence-corrected chi connectivity index (χ4v) is 2.28. The standard InChI is InChI=1S/C14H11ClFN3O/c15-10-3-2-9(6-11(10)16)19-13-4-1-8(17)5-12(13)18-14(19)7-20/h1-6,20H,7,17H2. The Kier molecular flexibility index (Phi) is 3.08. The molecule has 0 aliphatic rings. The zero-order valence-corrected chi connectivity index (χ0v) is 11.1. The number of aliphatic hydroxyl groups excluding tert-OH is 1. The molecule has 0 aliphatic heterocycles. The lowest BCUT2D eigenvalue weighted by molar-refractivity contribution is 0.270. The topological polar surface area (TPSA) is 64.1 Å². The zero-order chi connectivity index (χ0) is 14.3. The van der Waals surface area contributed by atoms with Crippen LogP contribution in [0.3, 0.4) is 0 Å². The molecule has 0 radical (unpaired) electrons. The highest BCUT2D eigenvalue weighted by Crippen LogP contribution is 2.25. The van der Waals surface area contributed by atoms with Gasteiger partial charge in [-0.15, -0.1) is 0 Å². The number of fused-ring (bicyclic) bond motifs is 1. The van der Waals surface area contributed by atoms with E-state index in [-0.39, 0.29) is 11.6 Å². The van der Waals surface area contributed by atoms with Crippen molar-refractivity contribution in [3.05, 3.63) is 53.1 Å². The van der Waals surface area contributed by atoms with E-state index in [9.17, 15) is 9.50 Å². The highest BCUT2D eigenvalue weighted by atomic mass is 35.5. The summed E-state index contributed by atoms with van der Waals surface area (Å²) in [6.07, 6.45) is 0. The number of aromatic nitrogens is 2. The van der Waals surface area contributed by atoms with Gasteiger partial charge in [0.05, 0.1) is 21.7 Å². The van der Waals surface area contributed by atoms with Gasteiger partial charge < -0.3 is 10.8 Å². The molecule has 0 saturated heterocycles. The Morgan fingerprint density at radius 2 is 2.05 bits per heavy atom. The van der Waals surface area contributed by atoms with E-state index in [4.69, 9.17) is 17.3 Å². The molecule has 0 atom stereocenters. The molecule has 0 fully saturated rings. The second-order valence-electron chi connectivity index (χ2n) is 4.37. The molecule has 0 amide bonds. The number of imidazole rings is 1. The summed E-state index contributed by atoms with van der Waals surface area (Å²) in [6, 6.07) is 9.66. The van der Waals surface area contributed by atoms with Crippen LogP contribution in [0.5, 0.6) is 0 Å². The van der Waals surface area contributed by atoms with Gasteiger partial charge in [0.15, 0.2) is 0 Å². The molecule has 0 aliphatic carbocycles. The lowest BCUT2D eigenvalue weighted by Crippen LogP contribution is -2.01. The van der Waals surface area contributed by atoms with Crippen LogP contribution in [-0.2, 0) is 6.61 Å². The summed E-state index contributed by atoms with van der Waals surface area (Å²) in [5.41, 5.74) is 8.22. The summed E-state index contributed by atoms with van der Waals surface area (Å²) in [4.78, 5) is 4.30. The molecular formula is C14H11ClFN3O. The molecule has 1 aromatic heterocycles. The maximum absolute atomic E-state index is 13.6. The molecule has 3 N–H and O–H groups in total. The van der Waals surface area contributed by atoms with Gasteiger partial charge in [0.2, 0.25) is 0 Å². The Morgan fingerprint density at radius 1 is 1.25 bits per heavy atom. The van der Waals surface area contributed by atoms with Crippen molar-refractivity contribution in [1.29, 1.82) is 0 Å². The van der Waals surface area contributed by atoms with Crippen molar-refractivity contribution in [3.63, 3.8) is 0 Å². The first-order valence-corrected chi connectivity index (χ1v) is 6.31. The normalized spacial score (nSPS) is 11.2. The third-order valence-electron chi connectivity index (χ3n) is 3.05. The van der Waals surface area contributed by atoms with E-state index in [0.717, 1.165) is 5.52 Å². The number of hydrogen-bond acceptors (Lipinski definition) is 3. The van der Waals surface area contributed by atoms with Crippen molar-refractivity contribution in [3.8, 4) is 5.69 Å². The number of aliphatic hydroxyl groups is 1. The van der Waals surface area contributed by atoms with Gasteiger partial charge in [-0.25, -0.2) is 9.37 Å². The van der Waals surface area contributed by atoms with Crippen molar-refractivity contribution in [2.75, 3.05) is 5.73 Å². The highest BCUT2D eigenvalue weighted by Gasteiger charge is 2.13. The van der Waals surface area contributed by atoms with Crippen LogP contribution in [-0.4, -0.2) is 14.7 Å². The molecule has 0 unspecified atom stereocenters. The summed E-state index contributed by atoms with van der Waals surface area (Å²) in [7, 11) is 0. The third kappa shape index (κ3) is 2.01. The van der Waals surface area contributed by atoms with Crippen molar-refractivity contribution in [2.45, 2.75) is 6.61 Å². The van der Waals surface area contributed by atoms with E-state index in [1.165, 1.54) is 12.1 Å². The van der Waals surface area contributed by atoms with Gasteiger partial charge in [0.1, 0.15) is 18.2 Å². The first-order chi connectivity index (χ1) is 9.60. The van der Waals surface area contributed by atoms with E-state index in [1.54, 1.807) is 28.8 Å². The summed E-state index contributed by atoms with van der Waals surface area (Å²) in [5, 5.41) is 9.49. The molecule has 0 spiro atoms. The van der Waals surface area contributed by atoms with Gasteiger partial charge in [-0.2, -0.15) is 0 Å². The fourth-order valence-electron chi connectivity index (χ4n) is 2.17. The number of anilines is 1. The maximum Gasteiger partial charge on any atom is 0.143 e. The summed E-state index contributed by atoms with van der Waals surface area (Å²) in [5.74, 6) is -0.113. The van der Waals surface area contributed by atoms with E-state index < -0.39 is 5.82 Å². The molecule has 102 valence electrons. The molecule has 4 nitrogen and oxygen atoms in total. The van der Waals surface area contributed by atoms with Crippen LogP contribution >= 0.6 is 11.6 Å². The molecule has 0 saturated carbocycles. The van der Waals surface area contributed by atoms with Crippen molar-refractivity contribution in [1.82, 2.24) is 9.55 Å². The fraction of sp³-hybridized carbons (Fsp3) is 0.0714. The van der Waals surface area contributed by atoms with E-state index in [0.29, 0.717) is 22.7 Å². The minimum absolute atomic E-state index is 0.0490. The molecule has 3 aromatic rings. The SMILES string of the molecule is Nc1ccc2c(c1)nc(CO)n2-c1ccc(Cl)c(F)c1. The Labute approximate surface area is 119 Å². The number of nitrogens with two attached hydrogens (primary N) is 1. The monoisotopic (exact) mass is 291 g/mol. The number of rotatable bonds is 2. The predicted molar refractivity (Wildman–Crippen MR) is 76.4 cm³/mol. The van der Waals surface area contributed by atoms with Gasteiger partial charge in [0.25, 0.3) is 0 Å². The quantitative estimate of drug-likeness (QED) is 0.714. The lowest BCUT2D eigenvalue weighted by Gasteiger charge is -2.08. The minimum Gasteiger partial charge on any atom is -0.399 e. The second kappa shape index (κ2) is 4.77. The van der Waals surface area contributed by atoms with E-state index >= 15 is 0 Å². The largest absolute Gasteiger partial charge is 0.399 e. The van der Waals surface area contributed by atoms with Gasteiger partial charge >= 0.3 is 0 Å². The van der Waals surface area contributed by atoms with Crippen LogP contribution in [0.15, 0.2) is 36.4 Å². The summed E-state index contributed by atoms with van der Waals surface area (Å²) < 4.78 is 15.3. The summed E-state index contributed by atoms with van der Waals surface area (Å²) >= 11 is 5.69. The average Bonchev–Trinajstić information content (AvgIpc) is 2.79. The number of halogens is 2. The van der Waals surface area contributed by atoms with Gasteiger partial charge in [-0.05, 0) is 36.4 Å². The number of nitrogen functional groups attached to an aromatic ring is 1. The molecule has 20 heavy (non-hydrogen) atoms. The van der Waals surface area contributed by atoms with Gasteiger partial charge in [0, 0.05) is 5.69 Å². The predicted octanol–water partition coefficient (Wildman–Crippen LogP) is 2.89. The van der Waals surface area contributed by atoms with Gasteiger partial charge in [-0.3, -0.25) is 4.57 Å². The third-order valence-corrected chi connectivity index (χ3v) is 3.36. The maximum atomic E-state index is 13.6. The number of nitrogens with zero attached hydrogens (tertiary/aromatic N) is 2. The van der Waals surface area contributed by atoms with Gasteiger partial charge in [-0.1, -0.05) is 11.6 Å². The van der Waals surface area contributed by atoms with Crippen LogP contribution in [0.2, 0.25) is 5.02 Å². The molecule has 3 rings (SSSR count). The van der Waals surface area contributed by atoms with Crippen LogP contribution in [0.25, 0.3) is 16.7 Å². The molecule has 6 heteroatoms. The average molecular weight is 292 g/mol. The van der Waals surface area contributed by atoms with E-state index in [1.807, 2.05) is 0 Å². The minimum atomic E-state index is -0.523. The Balaban J connectivity index is 2.30. The van der Waals surface area contributed by atoms with Crippen molar-refractivity contribution < 1.29 is 9.50 Å². The molecule has 0 bridgehead atoms. The Morgan fingerprint density at radius 3 is 2.75 bits per heavy atom. The van der Waals surface area contributed by atoms with Crippen LogP contribution in [0, 0.1) is 5.82 Å². The van der Waals surface area contributed by atoms with E-state index in [2.05, 4.69) is 4.98 Å². The highest BCUT2D eigenvalue weighted by molar-refractivity contribution is 6.30. The second-order valence-corrected chi connectivity index (χ2v) is 4.78. The number of hydrogen-bond donors (Lipinski definition) is 2. The zero-order valence-electron chi connectivity index (χ0n) is 10.3.